The van der Waals surface area contributed by atoms with Crippen molar-refractivity contribution in [2.45, 2.75) is 12.5 Å². The number of carbonyl (C=O) groups is 1. The molecule has 0 radical (unpaired) electrons. The number of aliphatic carboxylic acids is 1. The van der Waals surface area contributed by atoms with Crippen LogP contribution in [0.5, 0.6) is 0 Å². The summed E-state index contributed by atoms with van der Waals surface area (Å²) < 4.78 is 0.774. The van der Waals surface area contributed by atoms with Crippen molar-refractivity contribution in [2.24, 2.45) is 5.73 Å². The Bertz CT molecular complexity index is 582. The summed E-state index contributed by atoms with van der Waals surface area (Å²) in [6, 6.07) is 2.75. The number of nitrogens with one attached hydrogen (secondary N) is 1. The van der Waals surface area contributed by atoms with Crippen LogP contribution in [0.1, 0.15) is 5.56 Å². The average Bonchev–Trinajstić information content (AvgIpc) is 2.62. The third-order valence-electron chi connectivity index (χ3n) is 2.57. The highest BCUT2D eigenvalue weighted by molar-refractivity contribution is 9.10. The minimum Gasteiger partial charge on any atom is -0.480 e. The first-order valence-electron chi connectivity index (χ1n) is 4.92. The summed E-state index contributed by atoms with van der Waals surface area (Å²) >= 11 is 9.30. The Kier molecular flexibility index (Phi) is 3.42. The van der Waals surface area contributed by atoms with Crippen molar-refractivity contribution in [3.05, 3.63) is 33.4 Å². The molecule has 0 amide bonds. The molecule has 0 aliphatic rings. The van der Waals surface area contributed by atoms with Gasteiger partial charge in [0.05, 0.1) is 5.02 Å². The van der Waals surface area contributed by atoms with E-state index in [1.54, 1.807) is 12.3 Å². The standard InChI is InChI=1S/C11H10BrClN2O2/c12-7-2-6-5(1-9(14)11(16)17)4-15-10(6)3-8(7)13/h2-4,9,15H,1,14H2,(H,16,17)/t9-/m0/s1. The van der Waals surface area contributed by atoms with Crippen molar-refractivity contribution in [1.82, 2.24) is 4.98 Å². The molecule has 0 spiro atoms. The second kappa shape index (κ2) is 4.68. The highest BCUT2D eigenvalue weighted by Crippen LogP contribution is 2.30. The van der Waals surface area contributed by atoms with Gasteiger partial charge in [-0.25, -0.2) is 0 Å². The molecule has 0 aliphatic carbocycles. The van der Waals surface area contributed by atoms with Gasteiger partial charge in [0.15, 0.2) is 0 Å². The van der Waals surface area contributed by atoms with Crippen molar-refractivity contribution in [3.8, 4) is 0 Å². The van der Waals surface area contributed by atoms with E-state index in [4.69, 9.17) is 22.4 Å². The lowest BCUT2D eigenvalue weighted by molar-refractivity contribution is -0.138. The van der Waals surface area contributed by atoms with E-state index >= 15 is 0 Å². The fourth-order valence-corrected chi connectivity index (χ4v) is 2.17. The summed E-state index contributed by atoms with van der Waals surface area (Å²) in [6.45, 7) is 0. The molecule has 1 aromatic carbocycles. The Morgan fingerprint density at radius 2 is 2.29 bits per heavy atom. The molecule has 4 nitrogen and oxygen atoms in total. The molecule has 4 N–H and O–H groups in total. The lowest BCUT2D eigenvalue weighted by atomic mass is 10.1. The number of carboxylic acid groups (broad SMARTS) is 1. The fourth-order valence-electron chi connectivity index (χ4n) is 1.67. The molecule has 0 aliphatic heterocycles. The zero-order valence-electron chi connectivity index (χ0n) is 8.71. The van der Waals surface area contributed by atoms with Gasteiger partial charge in [-0.2, -0.15) is 0 Å². The number of H-pyrrole nitrogens is 1. The van der Waals surface area contributed by atoms with Gasteiger partial charge in [-0.05, 0) is 33.6 Å². The topological polar surface area (TPSA) is 79.1 Å². The molecule has 1 aromatic heterocycles. The zero-order valence-corrected chi connectivity index (χ0v) is 11.0. The molecule has 0 bridgehead atoms. The maximum Gasteiger partial charge on any atom is 0.320 e. The highest BCUT2D eigenvalue weighted by atomic mass is 79.9. The number of hydrogen-bond donors (Lipinski definition) is 3. The van der Waals surface area contributed by atoms with E-state index in [-0.39, 0.29) is 6.42 Å². The largest absolute Gasteiger partial charge is 0.480 e. The molecule has 0 fully saturated rings. The smallest absolute Gasteiger partial charge is 0.320 e. The lowest BCUT2D eigenvalue weighted by Crippen LogP contribution is -2.32. The van der Waals surface area contributed by atoms with E-state index in [0.717, 1.165) is 20.9 Å². The Morgan fingerprint density at radius 3 is 2.94 bits per heavy atom. The van der Waals surface area contributed by atoms with E-state index in [1.165, 1.54) is 0 Å². The maximum atomic E-state index is 10.7. The molecule has 0 saturated heterocycles. The van der Waals surface area contributed by atoms with E-state index in [9.17, 15) is 4.79 Å². The van der Waals surface area contributed by atoms with Gasteiger partial charge in [0.25, 0.3) is 0 Å². The van der Waals surface area contributed by atoms with Crippen LogP contribution in [0.15, 0.2) is 22.8 Å². The van der Waals surface area contributed by atoms with Crippen molar-refractivity contribution < 1.29 is 9.90 Å². The molecule has 17 heavy (non-hydrogen) atoms. The predicted molar refractivity (Wildman–Crippen MR) is 70.3 cm³/mol. The summed E-state index contributed by atoms with van der Waals surface area (Å²) in [6.07, 6.45) is 2.04. The molecule has 0 unspecified atom stereocenters. The van der Waals surface area contributed by atoms with Crippen LogP contribution in [0.2, 0.25) is 5.02 Å². The van der Waals surface area contributed by atoms with Crippen molar-refractivity contribution in [2.75, 3.05) is 0 Å². The third kappa shape index (κ3) is 2.46. The van der Waals surface area contributed by atoms with Gasteiger partial charge in [0.2, 0.25) is 0 Å². The molecule has 6 heteroatoms. The Morgan fingerprint density at radius 1 is 1.59 bits per heavy atom. The van der Waals surface area contributed by atoms with Gasteiger partial charge in [-0.3, -0.25) is 4.79 Å². The monoisotopic (exact) mass is 316 g/mol. The normalized spacial score (nSPS) is 12.9. The van der Waals surface area contributed by atoms with Crippen LogP contribution in [-0.2, 0) is 11.2 Å². The molecular weight excluding hydrogens is 307 g/mol. The number of carboxylic acids is 1. The quantitative estimate of drug-likeness (QED) is 0.814. The zero-order chi connectivity index (χ0) is 12.6. The van der Waals surface area contributed by atoms with E-state index < -0.39 is 12.0 Å². The Hall–Kier alpha value is -1.04. The number of aromatic nitrogens is 1. The number of fused-ring (bicyclic) bond motifs is 1. The van der Waals surface area contributed by atoms with Crippen LogP contribution in [0.4, 0.5) is 0 Å². The summed E-state index contributed by atoms with van der Waals surface area (Å²) in [5.41, 5.74) is 7.25. The van der Waals surface area contributed by atoms with Crippen LogP contribution in [-0.4, -0.2) is 22.1 Å². The molecular formula is C11H10BrClN2O2. The van der Waals surface area contributed by atoms with Crippen molar-refractivity contribution in [1.29, 1.82) is 0 Å². The molecule has 90 valence electrons. The van der Waals surface area contributed by atoms with Crippen LogP contribution in [0.3, 0.4) is 0 Å². The third-order valence-corrected chi connectivity index (χ3v) is 3.76. The Balaban J connectivity index is 2.42. The first-order valence-corrected chi connectivity index (χ1v) is 6.09. The SMILES string of the molecule is N[C@@H](Cc1c[nH]c2cc(Cl)c(Br)cc12)C(=O)O. The van der Waals surface area contributed by atoms with E-state index in [2.05, 4.69) is 20.9 Å². The molecule has 2 rings (SSSR count). The number of benzene rings is 1. The first-order chi connectivity index (χ1) is 7.99. The number of halogens is 2. The minimum atomic E-state index is -1.01. The number of nitrogens with two attached hydrogens (primary N) is 1. The number of hydrogen-bond acceptors (Lipinski definition) is 2. The van der Waals surface area contributed by atoms with E-state index in [0.29, 0.717) is 5.02 Å². The summed E-state index contributed by atoms with van der Waals surface area (Å²) in [5, 5.41) is 10.3. The Labute approximate surface area is 111 Å². The second-order valence-corrected chi connectivity index (χ2v) is 5.04. The van der Waals surface area contributed by atoms with Crippen LogP contribution in [0, 0.1) is 0 Å². The van der Waals surface area contributed by atoms with Gasteiger partial charge < -0.3 is 15.8 Å². The predicted octanol–water partition coefficient (Wildman–Crippen LogP) is 2.54. The van der Waals surface area contributed by atoms with Crippen molar-refractivity contribution >= 4 is 44.4 Å². The van der Waals surface area contributed by atoms with Gasteiger partial charge in [0.1, 0.15) is 6.04 Å². The van der Waals surface area contributed by atoms with Crippen LogP contribution >= 0.6 is 27.5 Å². The summed E-state index contributed by atoms with van der Waals surface area (Å²) in [5.74, 6) is -1.01. The average molecular weight is 318 g/mol. The van der Waals surface area contributed by atoms with Crippen LogP contribution < -0.4 is 5.73 Å². The maximum absolute atomic E-state index is 10.7. The van der Waals surface area contributed by atoms with Gasteiger partial charge in [-0.15, -0.1) is 0 Å². The second-order valence-electron chi connectivity index (χ2n) is 3.77. The summed E-state index contributed by atoms with van der Waals surface area (Å²) in [7, 11) is 0. The van der Waals surface area contributed by atoms with Crippen LogP contribution in [0.25, 0.3) is 10.9 Å². The number of rotatable bonds is 3. The molecule has 2 aromatic rings. The van der Waals surface area contributed by atoms with Crippen molar-refractivity contribution in [3.63, 3.8) is 0 Å². The van der Waals surface area contributed by atoms with E-state index in [1.807, 2.05) is 6.07 Å². The van der Waals surface area contributed by atoms with Gasteiger partial charge in [-0.1, -0.05) is 11.6 Å². The fraction of sp³-hybridized carbons (Fsp3) is 0.182. The van der Waals surface area contributed by atoms with Gasteiger partial charge in [0, 0.05) is 28.0 Å². The lowest BCUT2D eigenvalue weighted by Gasteiger charge is -2.05. The molecule has 0 saturated carbocycles. The first kappa shape index (κ1) is 12.4. The summed E-state index contributed by atoms with van der Waals surface area (Å²) in [4.78, 5) is 13.8. The number of aromatic amines is 1. The molecule has 1 atom stereocenters. The van der Waals surface area contributed by atoms with Gasteiger partial charge >= 0.3 is 5.97 Å². The molecule has 1 heterocycles. The highest BCUT2D eigenvalue weighted by Gasteiger charge is 2.15. The minimum absolute atomic E-state index is 0.281.